The maximum Gasteiger partial charge on any atom is 0.266 e. The normalized spacial score (nSPS) is 19.9. The molecule has 3 aromatic rings. The van der Waals surface area contributed by atoms with E-state index in [0.717, 1.165) is 37.8 Å². The minimum atomic E-state index is -3.77. The molecule has 0 bridgehead atoms. The van der Waals surface area contributed by atoms with E-state index in [0.29, 0.717) is 28.5 Å². The number of ether oxygens (including phenoxy) is 1. The van der Waals surface area contributed by atoms with Crippen molar-refractivity contribution >= 4 is 50.3 Å². The van der Waals surface area contributed by atoms with Crippen molar-refractivity contribution in [1.82, 2.24) is 25.2 Å². The first-order valence-electron chi connectivity index (χ1n) is 16.0. The Kier molecular flexibility index (Phi) is 11.9. The highest BCUT2D eigenvalue weighted by Crippen LogP contribution is 2.26. The molecule has 2 aromatic carbocycles. The van der Waals surface area contributed by atoms with E-state index in [1.165, 1.54) is 4.90 Å². The second-order valence-electron chi connectivity index (χ2n) is 12.3. The topological polar surface area (TPSA) is 160 Å². The summed E-state index contributed by atoms with van der Waals surface area (Å²) < 4.78 is 39.1. The largest absolute Gasteiger partial charge is 0.434 e. The lowest BCUT2D eigenvalue weighted by molar-refractivity contribution is -0.140. The third-order valence-electron chi connectivity index (χ3n) is 8.68. The number of carbonyl (C=O) groups is 3. The number of carbonyl (C=O) groups excluding carboxylic acids is 3. The third kappa shape index (κ3) is 9.42. The van der Waals surface area contributed by atoms with Crippen LogP contribution in [0.15, 0.2) is 52.9 Å². The number of ketones is 1. The zero-order valence-corrected chi connectivity index (χ0v) is 28.3. The van der Waals surface area contributed by atoms with Crippen molar-refractivity contribution in [2.75, 3.05) is 25.9 Å². The van der Waals surface area contributed by atoms with Gasteiger partial charge in [-0.2, -0.15) is 0 Å². The monoisotopic (exact) mass is 697 g/mol. The van der Waals surface area contributed by atoms with E-state index in [4.69, 9.17) is 27.2 Å². The van der Waals surface area contributed by atoms with Crippen LogP contribution in [0.5, 0.6) is 0 Å². The molecule has 256 valence electrons. The van der Waals surface area contributed by atoms with Crippen LogP contribution in [-0.2, 0) is 31.0 Å². The van der Waals surface area contributed by atoms with Gasteiger partial charge in [-0.25, -0.2) is 18.1 Å². The zero-order valence-electron chi connectivity index (χ0n) is 26.7. The fourth-order valence-electron chi connectivity index (χ4n) is 6.19. The van der Waals surface area contributed by atoms with Gasteiger partial charge in [-0.1, -0.05) is 35.9 Å². The smallest absolute Gasteiger partial charge is 0.266 e. The minimum Gasteiger partial charge on any atom is -0.434 e. The Hall–Kier alpha value is -3.80. The van der Waals surface area contributed by atoms with E-state index in [1.54, 1.807) is 36.4 Å². The van der Waals surface area contributed by atoms with Crippen LogP contribution in [0.25, 0.3) is 11.1 Å². The van der Waals surface area contributed by atoms with Gasteiger partial charge in [0.1, 0.15) is 23.6 Å². The summed E-state index contributed by atoms with van der Waals surface area (Å²) >= 11 is 6.02. The standard InChI is InChI=1S/C34H40ClN5O7S/c1-3-6-27(31(41)33-38-26-7-4-5-8-30(26)47-33)37-32(42)29-19-25(46-21-23-9-12-24(35)13-10-23)20-40(29)34(43)28(39-48(2,44)45)14-11-22-15-17-36-18-16-22/h1,4-5,7-10,12-13,22,25,27-29,36,39H,6,11,14-21H2,2H3,(H,37,42)/t25-,27+,28-,29+/m1/s1. The second-order valence-corrected chi connectivity index (χ2v) is 14.6. The molecule has 14 heteroatoms. The maximum absolute atomic E-state index is 14.1. The van der Waals surface area contributed by atoms with Gasteiger partial charge in [0.15, 0.2) is 5.58 Å². The van der Waals surface area contributed by atoms with Crippen molar-refractivity contribution in [2.45, 2.75) is 69.4 Å². The maximum atomic E-state index is 14.1. The van der Waals surface area contributed by atoms with Crippen LogP contribution in [0.4, 0.5) is 0 Å². The number of benzene rings is 2. The summed E-state index contributed by atoms with van der Waals surface area (Å²) in [5.74, 6) is 0.804. The van der Waals surface area contributed by atoms with Crippen LogP contribution >= 0.6 is 11.6 Å². The molecule has 2 aliphatic heterocycles. The van der Waals surface area contributed by atoms with Gasteiger partial charge in [-0.05, 0) is 74.5 Å². The van der Waals surface area contributed by atoms with Gasteiger partial charge in [-0.3, -0.25) is 14.4 Å². The fraction of sp³-hybridized carbons (Fsp3) is 0.471. The number of fused-ring (bicyclic) bond motifs is 1. The quantitative estimate of drug-likeness (QED) is 0.170. The first-order valence-corrected chi connectivity index (χ1v) is 18.3. The van der Waals surface area contributed by atoms with Crippen LogP contribution in [0, 0.1) is 18.3 Å². The summed E-state index contributed by atoms with van der Waals surface area (Å²) in [4.78, 5) is 47.1. The number of nitrogens with zero attached hydrogens (tertiary/aromatic N) is 2. The highest BCUT2D eigenvalue weighted by molar-refractivity contribution is 7.88. The minimum absolute atomic E-state index is 0.0404. The second kappa shape index (κ2) is 16.1. The molecular formula is C34H40ClN5O7S. The van der Waals surface area contributed by atoms with Gasteiger partial charge in [0, 0.05) is 24.4 Å². The average Bonchev–Trinajstić information content (AvgIpc) is 3.70. The molecule has 1 aromatic heterocycles. The van der Waals surface area contributed by atoms with Gasteiger partial charge < -0.3 is 24.7 Å². The molecule has 0 aliphatic carbocycles. The van der Waals surface area contributed by atoms with E-state index in [1.807, 2.05) is 12.1 Å². The first kappa shape index (κ1) is 35.5. The molecule has 0 saturated carbocycles. The lowest BCUT2D eigenvalue weighted by Crippen LogP contribution is -2.55. The highest BCUT2D eigenvalue weighted by Gasteiger charge is 2.44. The molecule has 0 spiro atoms. The summed E-state index contributed by atoms with van der Waals surface area (Å²) in [5.41, 5.74) is 1.74. The van der Waals surface area contributed by atoms with Gasteiger partial charge in [0.2, 0.25) is 27.6 Å². The number of aromatic nitrogens is 1. The Morgan fingerprint density at radius 2 is 1.88 bits per heavy atom. The van der Waals surface area contributed by atoms with Gasteiger partial charge in [-0.15, -0.1) is 12.3 Å². The van der Waals surface area contributed by atoms with Crippen molar-refractivity contribution in [3.8, 4) is 12.3 Å². The first-order chi connectivity index (χ1) is 23.0. The molecule has 3 N–H and O–H groups in total. The summed E-state index contributed by atoms with van der Waals surface area (Å²) in [6.07, 6.45) is 8.78. The number of likely N-dealkylation sites (tertiary alicyclic amines) is 1. The number of rotatable bonds is 14. The third-order valence-corrected chi connectivity index (χ3v) is 9.65. The summed E-state index contributed by atoms with van der Waals surface area (Å²) in [6, 6.07) is 10.7. The number of halogens is 1. The zero-order chi connectivity index (χ0) is 34.3. The number of nitrogens with one attached hydrogen (secondary N) is 3. The number of piperidine rings is 1. The molecule has 0 unspecified atom stereocenters. The number of hydrogen-bond acceptors (Lipinski definition) is 9. The van der Waals surface area contributed by atoms with Crippen molar-refractivity contribution < 1.29 is 32.0 Å². The van der Waals surface area contributed by atoms with Crippen molar-refractivity contribution in [2.24, 2.45) is 5.92 Å². The van der Waals surface area contributed by atoms with Crippen molar-refractivity contribution in [1.29, 1.82) is 0 Å². The molecule has 2 amide bonds. The number of oxazole rings is 1. The molecular weight excluding hydrogens is 658 g/mol. The number of para-hydroxylation sites is 2. The highest BCUT2D eigenvalue weighted by atomic mass is 35.5. The van der Waals surface area contributed by atoms with Crippen LogP contribution < -0.4 is 15.4 Å². The van der Waals surface area contributed by atoms with Crippen LogP contribution in [-0.4, -0.2) is 86.0 Å². The molecule has 2 aliphatic rings. The van der Waals surface area contributed by atoms with Crippen LogP contribution in [0.2, 0.25) is 5.02 Å². The number of Topliss-reactive ketones (excluding diaryl/α,β-unsaturated/α-hetero) is 1. The predicted octanol–water partition coefficient (Wildman–Crippen LogP) is 3.06. The van der Waals surface area contributed by atoms with E-state index in [9.17, 15) is 22.8 Å². The number of sulfonamides is 1. The molecule has 0 radical (unpaired) electrons. The number of amides is 2. The Bertz CT molecular complexity index is 1720. The molecule has 48 heavy (non-hydrogen) atoms. The molecule has 2 fully saturated rings. The van der Waals surface area contributed by atoms with Crippen LogP contribution in [0.1, 0.15) is 54.8 Å². The summed E-state index contributed by atoms with van der Waals surface area (Å²) in [5, 5.41) is 6.61. The van der Waals surface area contributed by atoms with Gasteiger partial charge >= 0.3 is 0 Å². The van der Waals surface area contributed by atoms with Crippen molar-refractivity contribution in [3.05, 3.63) is 65.0 Å². The molecule has 12 nitrogen and oxygen atoms in total. The molecule has 4 atom stereocenters. The van der Waals surface area contributed by atoms with Crippen LogP contribution in [0.3, 0.4) is 0 Å². The van der Waals surface area contributed by atoms with E-state index in [-0.39, 0.29) is 38.3 Å². The Morgan fingerprint density at radius 1 is 1.15 bits per heavy atom. The number of hydrogen-bond donors (Lipinski definition) is 3. The predicted molar refractivity (Wildman–Crippen MR) is 180 cm³/mol. The fourth-order valence-corrected chi connectivity index (χ4v) is 7.05. The van der Waals surface area contributed by atoms with E-state index < -0.39 is 51.9 Å². The Balaban J connectivity index is 1.36. The lowest BCUT2D eigenvalue weighted by Gasteiger charge is -2.30. The van der Waals surface area contributed by atoms with E-state index >= 15 is 0 Å². The average molecular weight is 698 g/mol. The SMILES string of the molecule is C#CC[C@H](NC(=O)[C@@H]1C[C@@H](OCc2ccc(Cl)cc2)CN1C(=O)[C@@H](CCC1CCNCC1)NS(C)(=O)=O)C(=O)c1nc2ccccc2o1. The molecule has 5 rings (SSSR count). The lowest BCUT2D eigenvalue weighted by atomic mass is 9.91. The molecule has 2 saturated heterocycles. The van der Waals surface area contributed by atoms with Crippen molar-refractivity contribution in [3.63, 3.8) is 0 Å². The summed E-state index contributed by atoms with van der Waals surface area (Å²) in [7, 11) is -3.77. The van der Waals surface area contributed by atoms with E-state index in [2.05, 4.69) is 26.3 Å². The van der Waals surface area contributed by atoms with Gasteiger partial charge in [0.05, 0.1) is 19.0 Å². The Morgan fingerprint density at radius 3 is 2.56 bits per heavy atom. The summed E-state index contributed by atoms with van der Waals surface area (Å²) in [6.45, 7) is 1.98. The molecule has 3 heterocycles. The van der Waals surface area contributed by atoms with Gasteiger partial charge in [0.25, 0.3) is 5.89 Å². The Labute approximate surface area is 285 Å². The number of terminal acetylenes is 1.